The topological polar surface area (TPSA) is 66.5 Å². The molecule has 0 amide bonds. The van der Waals surface area contributed by atoms with Crippen molar-refractivity contribution in [2.24, 2.45) is 5.10 Å². The van der Waals surface area contributed by atoms with Crippen molar-refractivity contribution in [3.63, 3.8) is 0 Å². The zero-order valence-corrected chi connectivity index (χ0v) is 21.6. The maximum atomic E-state index is 13.4. The van der Waals surface area contributed by atoms with E-state index >= 15 is 0 Å². The predicted octanol–water partition coefficient (Wildman–Crippen LogP) is 6.89. The molecule has 2 N–H and O–H groups in total. The van der Waals surface area contributed by atoms with Gasteiger partial charge in [-0.25, -0.2) is 0 Å². The van der Waals surface area contributed by atoms with Gasteiger partial charge in [0.15, 0.2) is 0 Å². The Labute approximate surface area is 225 Å². The fourth-order valence-corrected chi connectivity index (χ4v) is 5.27. The van der Waals surface area contributed by atoms with Crippen LogP contribution in [-0.2, 0) is 6.42 Å². The van der Waals surface area contributed by atoms with Gasteiger partial charge in [0, 0.05) is 22.3 Å². The van der Waals surface area contributed by atoms with Crippen LogP contribution in [0.15, 0.2) is 107 Å². The zero-order valence-electron chi connectivity index (χ0n) is 20.9. The molecule has 188 valence electrons. The number of hydrogen-bond donors (Lipinski definition) is 2. The Balaban J connectivity index is 1.31. The van der Waals surface area contributed by atoms with Gasteiger partial charge in [-0.3, -0.25) is 4.79 Å². The molecule has 2 heterocycles. The number of pyridine rings is 1. The average molecular weight is 520 g/mol. The van der Waals surface area contributed by atoms with E-state index < -0.39 is 0 Å². The highest BCUT2D eigenvalue weighted by atomic mass is 35.5. The maximum absolute atomic E-state index is 13.4. The van der Waals surface area contributed by atoms with Gasteiger partial charge >= 0.3 is 0 Å². The monoisotopic (exact) mass is 519 g/mol. The molecule has 38 heavy (non-hydrogen) atoms. The molecule has 0 saturated carbocycles. The van der Waals surface area contributed by atoms with Crippen LogP contribution in [0.3, 0.4) is 0 Å². The smallest absolute Gasteiger partial charge is 0.257 e. The van der Waals surface area contributed by atoms with Gasteiger partial charge in [0.25, 0.3) is 5.56 Å². The minimum absolute atomic E-state index is 0.0195. The number of halogens is 1. The highest BCUT2D eigenvalue weighted by molar-refractivity contribution is 6.31. The number of fused-ring (bicyclic) bond motifs is 1. The van der Waals surface area contributed by atoms with Crippen molar-refractivity contribution < 1.29 is 4.74 Å². The van der Waals surface area contributed by atoms with Crippen molar-refractivity contribution in [1.29, 1.82) is 0 Å². The van der Waals surface area contributed by atoms with Gasteiger partial charge in [0.2, 0.25) is 0 Å². The predicted molar refractivity (Wildman–Crippen MR) is 154 cm³/mol. The normalized spacial score (nSPS) is 14.8. The molecule has 6 heteroatoms. The van der Waals surface area contributed by atoms with E-state index in [4.69, 9.17) is 16.3 Å². The van der Waals surface area contributed by atoms with E-state index in [1.807, 2.05) is 42.5 Å². The van der Waals surface area contributed by atoms with Gasteiger partial charge in [-0.2, -0.15) is 5.10 Å². The van der Waals surface area contributed by atoms with Crippen LogP contribution < -0.4 is 15.7 Å². The molecule has 1 aliphatic rings. The van der Waals surface area contributed by atoms with E-state index in [1.54, 1.807) is 13.2 Å². The summed E-state index contributed by atoms with van der Waals surface area (Å²) in [6, 6.07) is 32.2. The van der Waals surface area contributed by atoms with Crippen LogP contribution in [0, 0.1) is 0 Å². The van der Waals surface area contributed by atoms with Crippen molar-refractivity contribution in [2.75, 3.05) is 7.11 Å². The molecule has 0 fully saturated rings. The SMILES string of the molecule is COc1ccc(-c2ccc(C3CC(c4c(Cc5ccccc5)c5cc(Cl)ccc5[nH]c4=O)=NN3)cc2)cc1. The summed E-state index contributed by atoms with van der Waals surface area (Å²) in [5.41, 5.74) is 10.7. The molecule has 1 aromatic heterocycles. The van der Waals surface area contributed by atoms with Crippen molar-refractivity contribution in [3.8, 4) is 16.9 Å². The van der Waals surface area contributed by atoms with Gasteiger partial charge in [-0.05, 0) is 64.6 Å². The fraction of sp³-hybridized carbons (Fsp3) is 0.125. The minimum atomic E-state index is -0.137. The van der Waals surface area contributed by atoms with Crippen LogP contribution in [0.1, 0.15) is 34.7 Å². The number of aromatic nitrogens is 1. The van der Waals surface area contributed by atoms with Crippen LogP contribution in [0.25, 0.3) is 22.0 Å². The lowest BCUT2D eigenvalue weighted by Crippen LogP contribution is -2.21. The van der Waals surface area contributed by atoms with Gasteiger partial charge in [-0.1, -0.05) is 78.3 Å². The van der Waals surface area contributed by atoms with Gasteiger partial charge in [0.1, 0.15) is 5.75 Å². The van der Waals surface area contributed by atoms with E-state index in [-0.39, 0.29) is 11.6 Å². The van der Waals surface area contributed by atoms with Gasteiger partial charge in [-0.15, -0.1) is 0 Å². The summed E-state index contributed by atoms with van der Waals surface area (Å²) in [6.45, 7) is 0. The highest BCUT2D eigenvalue weighted by Gasteiger charge is 2.26. The zero-order chi connectivity index (χ0) is 26.1. The van der Waals surface area contributed by atoms with Crippen molar-refractivity contribution in [2.45, 2.75) is 18.9 Å². The van der Waals surface area contributed by atoms with Crippen LogP contribution >= 0.6 is 11.6 Å². The van der Waals surface area contributed by atoms with Crippen LogP contribution in [0.2, 0.25) is 5.02 Å². The Hall–Kier alpha value is -4.35. The van der Waals surface area contributed by atoms with Crippen molar-refractivity contribution >= 4 is 28.2 Å². The van der Waals surface area contributed by atoms with E-state index in [1.165, 1.54) is 0 Å². The van der Waals surface area contributed by atoms with E-state index in [0.717, 1.165) is 50.2 Å². The minimum Gasteiger partial charge on any atom is -0.497 e. The molecule has 4 aromatic carbocycles. The molecule has 5 aromatic rings. The van der Waals surface area contributed by atoms with E-state index in [2.05, 4.69) is 64.0 Å². The number of rotatable bonds is 6. The molecule has 0 bridgehead atoms. The third-order valence-corrected chi connectivity index (χ3v) is 7.32. The lowest BCUT2D eigenvalue weighted by molar-refractivity contribution is 0.415. The summed E-state index contributed by atoms with van der Waals surface area (Å²) in [5.74, 6) is 0.836. The van der Waals surface area contributed by atoms with Crippen molar-refractivity contribution in [1.82, 2.24) is 10.4 Å². The lowest BCUT2D eigenvalue weighted by Gasteiger charge is -2.14. The van der Waals surface area contributed by atoms with Crippen LogP contribution in [-0.4, -0.2) is 17.8 Å². The first-order valence-corrected chi connectivity index (χ1v) is 12.9. The summed E-state index contributed by atoms with van der Waals surface area (Å²) < 4.78 is 5.27. The number of hydrazone groups is 1. The maximum Gasteiger partial charge on any atom is 0.257 e. The molecule has 0 spiro atoms. The second-order valence-electron chi connectivity index (χ2n) is 9.45. The number of hydrogen-bond acceptors (Lipinski definition) is 4. The number of H-pyrrole nitrogens is 1. The summed E-state index contributed by atoms with van der Waals surface area (Å²) in [6.07, 6.45) is 1.22. The summed E-state index contributed by atoms with van der Waals surface area (Å²) in [5, 5.41) is 6.22. The molecule has 0 aliphatic carbocycles. The molecular formula is C32H26ClN3O2. The van der Waals surface area contributed by atoms with Crippen molar-refractivity contribution in [3.05, 3.63) is 135 Å². The Morgan fingerprint density at radius 3 is 2.34 bits per heavy atom. The van der Waals surface area contributed by atoms with Crippen LogP contribution in [0.5, 0.6) is 5.75 Å². The summed E-state index contributed by atoms with van der Waals surface area (Å²) in [4.78, 5) is 16.4. The third kappa shape index (κ3) is 4.69. The highest BCUT2D eigenvalue weighted by Crippen LogP contribution is 2.31. The first-order chi connectivity index (χ1) is 18.6. The molecule has 1 aliphatic heterocycles. The number of ether oxygens (including phenoxy) is 1. The first kappa shape index (κ1) is 24.0. The Morgan fingerprint density at radius 1 is 0.921 bits per heavy atom. The fourth-order valence-electron chi connectivity index (χ4n) is 5.10. The van der Waals surface area contributed by atoms with E-state index in [0.29, 0.717) is 23.4 Å². The molecule has 5 nitrogen and oxygen atoms in total. The Morgan fingerprint density at radius 2 is 1.63 bits per heavy atom. The number of nitrogens with zero attached hydrogens (tertiary/aromatic N) is 1. The molecule has 0 radical (unpaired) electrons. The first-order valence-electron chi connectivity index (χ1n) is 12.5. The second-order valence-corrected chi connectivity index (χ2v) is 9.89. The van der Waals surface area contributed by atoms with E-state index in [9.17, 15) is 4.79 Å². The quantitative estimate of drug-likeness (QED) is 0.257. The largest absolute Gasteiger partial charge is 0.497 e. The summed E-state index contributed by atoms with van der Waals surface area (Å²) in [7, 11) is 1.67. The number of nitrogens with one attached hydrogen (secondary N) is 2. The molecular weight excluding hydrogens is 494 g/mol. The van der Waals surface area contributed by atoms with Gasteiger partial charge < -0.3 is 15.1 Å². The third-order valence-electron chi connectivity index (χ3n) is 7.09. The molecule has 6 rings (SSSR count). The second kappa shape index (κ2) is 10.2. The Bertz CT molecular complexity index is 1690. The van der Waals surface area contributed by atoms with Crippen LogP contribution in [0.4, 0.5) is 0 Å². The lowest BCUT2D eigenvalue weighted by atomic mass is 9.91. The Kier molecular flexibility index (Phi) is 6.44. The average Bonchev–Trinajstić information content (AvgIpc) is 3.44. The number of methoxy groups -OCH3 is 1. The number of benzene rings is 4. The molecule has 1 atom stereocenters. The van der Waals surface area contributed by atoms with Gasteiger partial charge in [0.05, 0.1) is 24.4 Å². The molecule has 1 unspecified atom stereocenters. The summed E-state index contributed by atoms with van der Waals surface area (Å²) >= 11 is 6.38. The number of aromatic amines is 1. The molecule has 0 saturated heterocycles. The standard InChI is InChI=1S/C32H26ClN3O2/c1-38-25-14-11-22(12-15-25)21-7-9-23(10-8-21)29-19-30(36-35-29)31-27(17-20-5-3-2-4-6-20)26-18-24(33)13-16-28(26)34-32(31)37/h2-16,18,29,35H,17,19H2,1H3,(H,34,37).